The van der Waals surface area contributed by atoms with Gasteiger partial charge in [-0.25, -0.2) is 24.9 Å². The van der Waals surface area contributed by atoms with Gasteiger partial charge in [0.2, 0.25) is 11.7 Å². The average molecular weight is 425 g/mol. The average Bonchev–Trinajstić information content (AvgIpc) is 3.52. The van der Waals surface area contributed by atoms with E-state index in [0.29, 0.717) is 34.5 Å². The van der Waals surface area contributed by atoms with Gasteiger partial charge >= 0.3 is 5.92 Å². The molecular weight excluding hydrogens is 404 g/mol. The summed E-state index contributed by atoms with van der Waals surface area (Å²) < 4.78 is 27.6. The topological polar surface area (TPSA) is 106 Å². The molecule has 1 fully saturated rings. The Balaban J connectivity index is 1.77. The van der Waals surface area contributed by atoms with Gasteiger partial charge in [0.25, 0.3) is 0 Å². The number of carbonyl (C=O) groups is 1. The summed E-state index contributed by atoms with van der Waals surface area (Å²) in [5, 5.41) is 5.66. The summed E-state index contributed by atoms with van der Waals surface area (Å²) in [5.74, 6) is -2.70. The highest BCUT2D eigenvalue weighted by Crippen LogP contribution is 2.39. The molecule has 3 aromatic rings. The van der Waals surface area contributed by atoms with Crippen LogP contribution in [0.15, 0.2) is 30.6 Å². The van der Waals surface area contributed by atoms with Crippen LogP contribution in [0.2, 0.25) is 0 Å². The normalized spacial score (nSPS) is 13.7. The van der Waals surface area contributed by atoms with Crippen LogP contribution in [0, 0.1) is 6.92 Å². The zero-order valence-electron chi connectivity index (χ0n) is 17.3. The molecule has 0 atom stereocenters. The Morgan fingerprint density at radius 3 is 2.58 bits per heavy atom. The summed E-state index contributed by atoms with van der Waals surface area (Å²) >= 11 is 0. The highest BCUT2D eigenvalue weighted by atomic mass is 19.3. The van der Waals surface area contributed by atoms with Crippen molar-refractivity contribution in [2.24, 2.45) is 0 Å². The van der Waals surface area contributed by atoms with Gasteiger partial charge < -0.3 is 10.6 Å². The SMILES string of the molecule is CC(=O)Nc1cc(Nc2cc(C)nc(C(C)(F)F)n2)c(-c2nccc(C3CC3)n2)cn1. The summed E-state index contributed by atoms with van der Waals surface area (Å²) in [6.07, 6.45) is 5.40. The van der Waals surface area contributed by atoms with Gasteiger partial charge in [0, 0.05) is 55.7 Å². The number of nitrogens with zero attached hydrogens (tertiary/aromatic N) is 5. The van der Waals surface area contributed by atoms with E-state index in [4.69, 9.17) is 0 Å². The molecule has 0 unspecified atom stereocenters. The van der Waals surface area contributed by atoms with E-state index in [0.717, 1.165) is 25.5 Å². The second-order valence-corrected chi connectivity index (χ2v) is 7.61. The summed E-state index contributed by atoms with van der Waals surface area (Å²) in [4.78, 5) is 32.5. The predicted octanol–water partition coefficient (Wildman–Crippen LogP) is 4.33. The largest absolute Gasteiger partial charge is 0.339 e. The van der Waals surface area contributed by atoms with Crippen molar-refractivity contribution in [3.8, 4) is 11.4 Å². The minimum atomic E-state index is -3.19. The number of carbonyl (C=O) groups excluding carboxylic acids is 1. The molecule has 3 heterocycles. The summed E-state index contributed by atoms with van der Waals surface area (Å²) in [7, 11) is 0. The molecule has 0 aliphatic heterocycles. The number of halogens is 2. The van der Waals surface area contributed by atoms with Crippen LogP contribution < -0.4 is 10.6 Å². The third kappa shape index (κ3) is 4.96. The van der Waals surface area contributed by atoms with E-state index in [1.807, 2.05) is 6.07 Å². The van der Waals surface area contributed by atoms with E-state index in [1.54, 1.807) is 25.3 Å². The van der Waals surface area contributed by atoms with Gasteiger partial charge in [-0.05, 0) is 25.8 Å². The molecule has 1 amide bonds. The fourth-order valence-electron chi connectivity index (χ4n) is 3.06. The highest BCUT2D eigenvalue weighted by molar-refractivity contribution is 5.89. The Bertz CT molecular complexity index is 1140. The number of aryl methyl sites for hydroxylation is 1. The Kier molecular flexibility index (Phi) is 5.30. The summed E-state index contributed by atoms with van der Waals surface area (Å²) in [6, 6.07) is 5.03. The lowest BCUT2D eigenvalue weighted by Gasteiger charge is -2.15. The maximum atomic E-state index is 13.8. The van der Waals surface area contributed by atoms with E-state index < -0.39 is 11.7 Å². The Labute approximate surface area is 177 Å². The smallest absolute Gasteiger partial charge is 0.303 e. The van der Waals surface area contributed by atoms with Crippen molar-refractivity contribution in [3.63, 3.8) is 0 Å². The maximum Gasteiger partial charge on any atom is 0.303 e. The van der Waals surface area contributed by atoms with Crippen molar-refractivity contribution in [2.45, 2.75) is 45.5 Å². The minimum absolute atomic E-state index is 0.184. The van der Waals surface area contributed by atoms with Crippen molar-refractivity contribution in [1.29, 1.82) is 0 Å². The van der Waals surface area contributed by atoms with Crippen LogP contribution in [0.25, 0.3) is 11.4 Å². The first kappa shape index (κ1) is 20.7. The molecule has 8 nitrogen and oxygen atoms in total. The van der Waals surface area contributed by atoms with Gasteiger partial charge in [0.05, 0.1) is 11.3 Å². The fourth-order valence-corrected chi connectivity index (χ4v) is 3.06. The quantitative estimate of drug-likeness (QED) is 0.606. The molecule has 160 valence electrons. The molecule has 0 aromatic carbocycles. The second-order valence-electron chi connectivity index (χ2n) is 7.61. The number of nitrogens with one attached hydrogen (secondary N) is 2. The maximum absolute atomic E-state index is 13.8. The standard InChI is InChI=1S/C21H21F2N7O/c1-11-8-18(30-20(26-11)21(3,22)23)28-16-9-17(27-12(2)31)25-10-14(16)19-24-7-6-15(29-19)13-4-5-13/h6-10,13H,4-5H2,1-3H3,(H2,25,26,27,28,30,31). The molecule has 10 heteroatoms. The molecule has 0 radical (unpaired) electrons. The summed E-state index contributed by atoms with van der Waals surface area (Å²) in [5.41, 5.74) is 2.36. The number of rotatable bonds is 6. The number of hydrogen-bond acceptors (Lipinski definition) is 7. The van der Waals surface area contributed by atoms with Crippen LogP contribution in [0.5, 0.6) is 0 Å². The molecule has 4 rings (SSSR count). The van der Waals surface area contributed by atoms with Crippen molar-refractivity contribution in [1.82, 2.24) is 24.9 Å². The van der Waals surface area contributed by atoms with Gasteiger partial charge in [0.15, 0.2) is 5.82 Å². The Morgan fingerprint density at radius 2 is 1.90 bits per heavy atom. The zero-order valence-corrected chi connectivity index (χ0v) is 17.3. The fraction of sp³-hybridized carbons (Fsp3) is 0.333. The molecule has 0 saturated heterocycles. The van der Waals surface area contributed by atoms with E-state index in [-0.39, 0.29) is 11.7 Å². The van der Waals surface area contributed by atoms with E-state index in [9.17, 15) is 13.6 Å². The number of anilines is 3. The third-order valence-electron chi connectivity index (χ3n) is 4.63. The summed E-state index contributed by atoms with van der Waals surface area (Å²) in [6.45, 7) is 3.73. The number of hydrogen-bond donors (Lipinski definition) is 2. The van der Waals surface area contributed by atoms with Crippen molar-refractivity contribution >= 4 is 23.2 Å². The van der Waals surface area contributed by atoms with Crippen LogP contribution in [0.3, 0.4) is 0 Å². The highest BCUT2D eigenvalue weighted by Gasteiger charge is 2.29. The molecule has 1 aliphatic rings. The van der Waals surface area contributed by atoms with Gasteiger partial charge in [0.1, 0.15) is 11.6 Å². The predicted molar refractivity (Wildman–Crippen MR) is 111 cm³/mol. The van der Waals surface area contributed by atoms with Crippen molar-refractivity contribution in [3.05, 3.63) is 47.8 Å². The van der Waals surface area contributed by atoms with Crippen LogP contribution in [-0.2, 0) is 10.7 Å². The zero-order chi connectivity index (χ0) is 22.2. The van der Waals surface area contributed by atoms with E-state index in [1.165, 1.54) is 13.1 Å². The Morgan fingerprint density at radius 1 is 1.13 bits per heavy atom. The third-order valence-corrected chi connectivity index (χ3v) is 4.63. The van der Waals surface area contributed by atoms with Gasteiger partial charge in [-0.15, -0.1) is 0 Å². The van der Waals surface area contributed by atoms with Crippen LogP contribution in [0.1, 0.15) is 49.8 Å². The van der Waals surface area contributed by atoms with Crippen LogP contribution in [0.4, 0.5) is 26.1 Å². The van der Waals surface area contributed by atoms with Crippen LogP contribution in [-0.4, -0.2) is 30.8 Å². The second kappa shape index (κ2) is 7.93. The number of alkyl halides is 2. The number of aromatic nitrogens is 5. The van der Waals surface area contributed by atoms with Gasteiger partial charge in [-0.3, -0.25) is 4.79 Å². The van der Waals surface area contributed by atoms with Gasteiger partial charge in [-0.2, -0.15) is 8.78 Å². The first-order valence-electron chi connectivity index (χ1n) is 9.81. The lowest BCUT2D eigenvalue weighted by molar-refractivity contribution is -0.114. The van der Waals surface area contributed by atoms with Crippen LogP contribution >= 0.6 is 0 Å². The molecule has 2 N–H and O–H groups in total. The van der Waals surface area contributed by atoms with Crippen molar-refractivity contribution < 1.29 is 13.6 Å². The Hall–Kier alpha value is -3.56. The minimum Gasteiger partial charge on any atom is -0.339 e. The molecular formula is C21H21F2N7O. The molecule has 0 bridgehead atoms. The van der Waals surface area contributed by atoms with E-state index in [2.05, 4.69) is 35.6 Å². The molecule has 31 heavy (non-hydrogen) atoms. The van der Waals surface area contributed by atoms with E-state index >= 15 is 0 Å². The number of pyridine rings is 1. The number of amides is 1. The van der Waals surface area contributed by atoms with Crippen molar-refractivity contribution in [2.75, 3.05) is 10.6 Å². The lowest BCUT2D eigenvalue weighted by atomic mass is 10.2. The molecule has 1 aliphatic carbocycles. The monoisotopic (exact) mass is 425 g/mol. The first-order valence-corrected chi connectivity index (χ1v) is 9.81. The van der Waals surface area contributed by atoms with Gasteiger partial charge in [-0.1, -0.05) is 0 Å². The first-order chi connectivity index (χ1) is 14.7. The molecule has 0 spiro atoms. The molecule has 1 saturated carbocycles. The lowest BCUT2D eigenvalue weighted by Crippen LogP contribution is -2.14. The molecule has 3 aromatic heterocycles.